The summed E-state index contributed by atoms with van der Waals surface area (Å²) in [6, 6.07) is 16.2. The largest absolute Gasteiger partial charge is 0.373 e. The first-order valence-corrected chi connectivity index (χ1v) is 5.87. The molecule has 0 fully saturated rings. The van der Waals surface area contributed by atoms with E-state index in [0.717, 1.165) is 28.0 Å². The van der Waals surface area contributed by atoms with Crippen molar-refractivity contribution >= 4 is 16.7 Å². The summed E-state index contributed by atoms with van der Waals surface area (Å²) in [5, 5.41) is 4.19. The summed E-state index contributed by atoms with van der Waals surface area (Å²) < 4.78 is 0. The Morgan fingerprint density at radius 1 is 1.00 bits per heavy atom. The van der Waals surface area contributed by atoms with Gasteiger partial charge >= 0.3 is 0 Å². The van der Waals surface area contributed by atoms with Crippen LogP contribution < -0.4 is 5.32 Å². The minimum Gasteiger partial charge on any atom is -0.373 e. The van der Waals surface area contributed by atoms with E-state index in [1.807, 2.05) is 37.5 Å². The normalized spacial score (nSPS) is 10.5. The van der Waals surface area contributed by atoms with Gasteiger partial charge in [-0.05, 0) is 24.3 Å². The maximum absolute atomic E-state index is 4.53. The highest BCUT2D eigenvalue weighted by atomic mass is 15.0. The zero-order valence-electron chi connectivity index (χ0n) is 10.1. The number of nitrogens with one attached hydrogen (secondary N) is 1. The number of benzene rings is 1. The molecule has 3 aromatic rings. The van der Waals surface area contributed by atoms with Crippen LogP contribution in [0.2, 0.25) is 0 Å². The van der Waals surface area contributed by atoms with Gasteiger partial charge in [-0.3, -0.25) is 4.98 Å². The minimum atomic E-state index is 0.869. The van der Waals surface area contributed by atoms with Gasteiger partial charge in [0.25, 0.3) is 0 Å². The van der Waals surface area contributed by atoms with E-state index in [-0.39, 0.29) is 0 Å². The molecular weight excluding hydrogens is 222 g/mol. The van der Waals surface area contributed by atoms with Crippen LogP contribution in [-0.4, -0.2) is 17.0 Å². The second-order valence-corrected chi connectivity index (χ2v) is 4.07. The number of anilines is 1. The Bertz CT molecular complexity index is 692. The molecule has 2 heterocycles. The molecule has 3 nitrogen and oxygen atoms in total. The monoisotopic (exact) mass is 235 g/mol. The lowest BCUT2D eigenvalue weighted by atomic mass is 10.1. The predicted molar refractivity (Wildman–Crippen MR) is 74.5 cm³/mol. The average molecular weight is 235 g/mol. The van der Waals surface area contributed by atoms with Crippen molar-refractivity contribution in [3.63, 3.8) is 0 Å². The van der Waals surface area contributed by atoms with Crippen LogP contribution in [0, 0.1) is 0 Å². The van der Waals surface area contributed by atoms with Gasteiger partial charge < -0.3 is 5.32 Å². The Hall–Kier alpha value is -2.42. The lowest BCUT2D eigenvalue weighted by Crippen LogP contribution is -1.93. The quantitative estimate of drug-likeness (QED) is 0.740. The molecule has 0 atom stereocenters. The molecule has 2 aromatic heterocycles. The molecule has 0 aliphatic rings. The van der Waals surface area contributed by atoms with E-state index < -0.39 is 0 Å². The zero-order valence-corrected chi connectivity index (χ0v) is 10.1. The van der Waals surface area contributed by atoms with Crippen molar-refractivity contribution in [3.05, 3.63) is 54.7 Å². The first kappa shape index (κ1) is 10.7. The summed E-state index contributed by atoms with van der Waals surface area (Å²) in [5.41, 5.74) is 3.03. The van der Waals surface area contributed by atoms with Gasteiger partial charge in [-0.25, -0.2) is 4.98 Å². The molecule has 0 radical (unpaired) electrons. The van der Waals surface area contributed by atoms with Crippen molar-refractivity contribution in [1.29, 1.82) is 0 Å². The lowest BCUT2D eigenvalue weighted by molar-refractivity contribution is 1.29. The van der Waals surface area contributed by atoms with Crippen molar-refractivity contribution in [1.82, 2.24) is 9.97 Å². The minimum absolute atomic E-state index is 0.869. The van der Waals surface area contributed by atoms with Crippen molar-refractivity contribution in [2.75, 3.05) is 12.4 Å². The summed E-state index contributed by atoms with van der Waals surface area (Å²) in [6.07, 6.45) is 1.81. The molecule has 3 rings (SSSR count). The number of hydrogen-bond acceptors (Lipinski definition) is 3. The SMILES string of the molecule is CNc1cccc(-c2ccc3cccnc3c2)n1. The van der Waals surface area contributed by atoms with E-state index in [2.05, 4.69) is 39.6 Å². The van der Waals surface area contributed by atoms with Crippen LogP contribution in [0.5, 0.6) is 0 Å². The maximum atomic E-state index is 4.53. The topological polar surface area (TPSA) is 37.8 Å². The third-order valence-electron chi connectivity index (χ3n) is 2.91. The molecule has 0 unspecified atom stereocenters. The molecule has 0 aliphatic heterocycles. The van der Waals surface area contributed by atoms with Gasteiger partial charge in [-0.1, -0.05) is 24.3 Å². The molecule has 0 spiro atoms. The van der Waals surface area contributed by atoms with Gasteiger partial charge in [0.15, 0.2) is 0 Å². The van der Waals surface area contributed by atoms with E-state index >= 15 is 0 Å². The highest BCUT2D eigenvalue weighted by molar-refractivity contribution is 5.83. The number of nitrogens with zero attached hydrogens (tertiary/aromatic N) is 2. The van der Waals surface area contributed by atoms with Gasteiger partial charge in [0, 0.05) is 24.2 Å². The summed E-state index contributed by atoms with van der Waals surface area (Å²) >= 11 is 0. The van der Waals surface area contributed by atoms with Crippen LogP contribution in [0.25, 0.3) is 22.2 Å². The Morgan fingerprint density at radius 2 is 1.94 bits per heavy atom. The highest BCUT2D eigenvalue weighted by Gasteiger charge is 2.02. The van der Waals surface area contributed by atoms with Gasteiger partial charge in [0.2, 0.25) is 0 Å². The first-order chi connectivity index (χ1) is 8.86. The molecule has 88 valence electrons. The Morgan fingerprint density at radius 3 is 2.83 bits per heavy atom. The highest BCUT2D eigenvalue weighted by Crippen LogP contribution is 2.22. The second kappa shape index (κ2) is 4.45. The molecule has 0 saturated carbocycles. The summed E-state index contributed by atoms with van der Waals surface area (Å²) in [5.74, 6) is 0.869. The summed E-state index contributed by atoms with van der Waals surface area (Å²) in [7, 11) is 1.87. The van der Waals surface area contributed by atoms with Crippen molar-refractivity contribution in [2.45, 2.75) is 0 Å². The second-order valence-electron chi connectivity index (χ2n) is 4.07. The zero-order chi connectivity index (χ0) is 12.4. The molecule has 3 heteroatoms. The van der Waals surface area contributed by atoms with E-state index in [0.29, 0.717) is 0 Å². The van der Waals surface area contributed by atoms with Crippen LogP contribution in [0.3, 0.4) is 0 Å². The van der Waals surface area contributed by atoms with Gasteiger partial charge in [-0.2, -0.15) is 0 Å². The van der Waals surface area contributed by atoms with E-state index in [1.165, 1.54) is 0 Å². The number of aromatic nitrogens is 2. The van der Waals surface area contributed by atoms with E-state index in [9.17, 15) is 0 Å². The molecular formula is C15H13N3. The van der Waals surface area contributed by atoms with Crippen LogP contribution in [0.1, 0.15) is 0 Å². The molecule has 1 N–H and O–H groups in total. The fourth-order valence-corrected chi connectivity index (χ4v) is 1.96. The standard InChI is InChI=1S/C15H13N3/c1-16-15-6-2-5-13(18-15)12-8-7-11-4-3-9-17-14(11)10-12/h2-10H,1H3,(H,16,18). The van der Waals surface area contributed by atoms with Crippen LogP contribution >= 0.6 is 0 Å². The molecule has 0 saturated heterocycles. The van der Waals surface area contributed by atoms with Crippen LogP contribution in [0.4, 0.5) is 5.82 Å². The molecule has 1 aromatic carbocycles. The number of fused-ring (bicyclic) bond motifs is 1. The van der Waals surface area contributed by atoms with Gasteiger partial charge in [-0.15, -0.1) is 0 Å². The molecule has 0 aliphatic carbocycles. The number of pyridine rings is 2. The summed E-state index contributed by atoms with van der Waals surface area (Å²) in [6.45, 7) is 0. The third-order valence-corrected chi connectivity index (χ3v) is 2.91. The first-order valence-electron chi connectivity index (χ1n) is 5.87. The smallest absolute Gasteiger partial charge is 0.126 e. The fraction of sp³-hybridized carbons (Fsp3) is 0.0667. The van der Waals surface area contributed by atoms with E-state index in [1.54, 1.807) is 0 Å². The lowest BCUT2D eigenvalue weighted by Gasteiger charge is -2.05. The molecule has 18 heavy (non-hydrogen) atoms. The van der Waals surface area contributed by atoms with Gasteiger partial charge in [0.05, 0.1) is 11.2 Å². The Labute approximate surface area is 106 Å². The Balaban J connectivity index is 2.13. The van der Waals surface area contributed by atoms with Crippen molar-refractivity contribution < 1.29 is 0 Å². The molecule has 0 bridgehead atoms. The van der Waals surface area contributed by atoms with Crippen molar-refractivity contribution in [2.24, 2.45) is 0 Å². The van der Waals surface area contributed by atoms with Crippen LogP contribution in [-0.2, 0) is 0 Å². The number of rotatable bonds is 2. The predicted octanol–water partition coefficient (Wildman–Crippen LogP) is 3.34. The Kier molecular flexibility index (Phi) is 2.65. The van der Waals surface area contributed by atoms with E-state index in [4.69, 9.17) is 0 Å². The molecule has 0 amide bonds. The maximum Gasteiger partial charge on any atom is 0.126 e. The number of hydrogen-bond donors (Lipinski definition) is 1. The van der Waals surface area contributed by atoms with Crippen molar-refractivity contribution in [3.8, 4) is 11.3 Å². The van der Waals surface area contributed by atoms with Gasteiger partial charge in [0.1, 0.15) is 5.82 Å². The van der Waals surface area contributed by atoms with Crippen LogP contribution in [0.15, 0.2) is 54.7 Å². The summed E-state index contributed by atoms with van der Waals surface area (Å²) in [4.78, 5) is 8.90. The fourth-order valence-electron chi connectivity index (χ4n) is 1.96. The average Bonchev–Trinajstić information content (AvgIpc) is 2.47. The third kappa shape index (κ3) is 1.91.